The molecule has 182 valence electrons. The SMILES string of the molecule is Ic1ccc(Oc2cc(Sc3ccnc4ccsc34)cnc2Nc2nc(C3CCNCC3)ns2)cn1. The molecular weight excluding hydrogens is 625 g/mol. The number of nitrogens with zero attached hydrogens (tertiary/aromatic N) is 5. The van der Waals surface area contributed by atoms with Gasteiger partial charge >= 0.3 is 0 Å². The lowest BCUT2D eigenvalue weighted by atomic mass is 9.98. The van der Waals surface area contributed by atoms with E-state index in [1.165, 1.54) is 11.5 Å². The predicted octanol–water partition coefficient (Wildman–Crippen LogP) is 6.70. The minimum absolute atomic E-state index is 0.396. The van der Waals surface area contributed by atoms with Gasteiger partial charge in [0.1, 0.15) is 15.3 Å². The number of fused-ring (bicyclic) bond motifs is 1. The lowest BCUT2D eigenvalue weighted by Crippen LogP contribution is -2.27. The number of pyridine rings is 3. The second-order valence-electron chi connectivity index (χ2n) is 8.09. The third kappa shape index (κ3) is 5.47. The van der Waals surface area contributed by atoms with Gasteiger partial charge in [-0.2, -0.15) is 4.37 Å². The maximum Gasteiger partial charge on any atom is 0.208 e. The van der Waals surface area contributed by atoms with Crippen LogP contribution in [0.3, 0.4) is 0 Å². The van der Waals surface area contributed by atoms with Crippen LogP contribution in [0, 0.1) is 3.70 Å². The fraction of sp³-hybridized carbons (Fsp3) is 0.208. The van der Waals surface area contributed by atoms with E-state index in [-0.39, 0.29) is 0 Å². The molecule has 1 aliphatic heterocycles. The molecule has 0 atom stereocenters. The molecule has 36 heavy (non-hydrogen) atoms. The number of piperidine rings is 1. The number of ether oxygens (including phenoxy) is 1. The fourth-order valence-corrected chi connectivity index (χ4v) is 6.74. The average Bonchev–Trinajstić information content (AvgIpc) is 3.58. The summed E-state index contributed by atoms with van der Waals surface area (Å²) < 4.78 is 12.9. The second kappa shape index (κ2) is 10.9. The lowest BCUT2D eigenvalue weighted by molar-refractivity contribution is 0.448. The van der Waals surface area contributed by atoms with Crippen molar-refractivity contribution in [1.29, 1.82) is 0 Å². The molecule has 6 heterocycles. The first-order valence-corrected chi connectivity index (χ1v) is 14.9. The van der Waals surface area contributed by atoms with Gasteiger partial charge in [0.2, 0.25) is 5.13 Å². The molecule has 0 saturated carbocycles. The van der Waals surface area contributed by atoms with Crippen LogP contribution in [0.1, 0.15) is 24.6 Å². The number of anilines is 2. The number of thiophene rings is 1. The Bertz CT molecular complexity index is 1480. The summed E-state index contributed by atoms with van der Waals surface area (Å²) in [4.78, 5) is 20.4. The zero-order chi connectivity index (χ0) is 24.3. The molecule has 0 spiro atoms. The molecule has 0 aromatic carbocycles. The van der Waals surface area contributed by atoms with Crippen molar-refractivity contribution in [3.63, 3.8) is 0 Å². The van der Waals surface area contributed by atoms with Crippen molar-refractivity contribution >= 4 is 78.4 Å². The van der Waals surface area contributed by atoms with Gasteiger partial charge < -0.3 is 15.4 Å². The number of aromatic nitrogens is 5. The highest BCUT2D eigenvalue weighted by Crippen LogP contribution is 2.39. The van der Waals surface area contributed by atoms with Crippen LogP contribution in [-0.2, 0) is 0 Å². The quantitative estimate of drug-likeness (QED) is 0.148. The molecule has 8 nitrogen and oxygen atoms in total. The van der Waals surface area contributed by atoms with Crippen molar-refractivity contribution in [3.05, 3.63) is 63.8 Å². The van der Waals surface area contributed by atoms with E-state index in [9.17, 15) is 0 Å². The van der Waals surface area contributed by atoms with Crippen LogP contribution in [0.2, 0.25) is 0 Å². The van der Waals surface area contributed by atoms with E-state index in [1.807, 2.05) is 42.7 Å². The van der Waals surface area contributed by atoms with E-state index < -0.39 is 0 Å². The predicted molar refractivity (Wildman–Crippen MR) is 153 cm³/mol. The summed E-state index contributed by atoms with van der Waals surface area (Å²) in [5.74, 6) is 3.12. The molecule has 6 rings (SSSR count). The highest BCUT2D eigenvalue weighted by Gasteiger charge is 2.20. The Kier molecular flexibility index (Phi) is 7.28. The van der Waals surface area contributed by atoms with E-state index in [0.717, 1.165) is 55.5 Å². The van der Waals surface area contributed by atoms with Gasteiger partial charge in [0.05, 0.1) is 16.4 Å². The highest BCUT2D eigenvalue weighted by molar-refractivity contribution is 14.1. The summed E-state index contributed by atoms with van der Waals surface area (Å²) in [6, 6.07) is 9.87. The summed E-state index contributed by atoms with van der Waals surface area (Å²) in [7, 11) is 0. The van der Waals surface area contributed by atoms with Gasteiger partial charge in [0, 0.05) is 45.7 Å². The Morgan fingerprint density at radius 2 is 2.00 bits per heavy atom. The van der Waals surface area contributed by atoms with Crippen molar-refractivity contribution in [2.45, 2.75) is 28.6 Å². The molecule has 1 fully saturated rings. The highest BCUT2D eigenvalue weighted by atomic mass is 127. The maximum atomic E-state index is 6.24. The third-order valence-electron chi connectivity index (χ3n) is 5.66. The zero-order valence-electron chi connectivity index (χ0n) is 18.8. The van der Waals surface area contributed by atoms with Gasteiger partial charge in [0.25, 0.3) is 0 Å². The number of hydrogen-bond donors (Lipinski definition) is 2. The Balaban J connectivity index is 1.29. The van der Waals surface area contributed by atoms with Crippen LogP contribution in [0.4, 0.5) is 10.9 Å². The van der Waals surface area contributed by atoms with Crippen LogP contribution in [0.25, 0.3) is 10.2 Å². The smallest absolute Gasteiger partial charge is 0.208 e. The standard InChI is InChI=1S/C24H20IN7OS3/c25-20-2-1-15(12-28-20)33-18-11-16(35-19-5-9-27-17-6-10-34-21(17)19)13-29-23(18)31-24-30-22(32-36-24)14-3-7-26-8-4-14/h1-2,5-6,9-14,26H,3-4,7-8H2,(H,29,30,31,32). The van der Waals surface area contributed by atoms with E-state index in [1.54, 1.807) is 29.3 Å². The van der Waals surface area contributed by atoms with Crippen molar-refractivity contribution in [1.82, 2.24) is 29.6 Å². The Morgan fingerprint density at radius 3 is 2.86 bits per heavy atom. The van der Waals surface area contributed by atoms with Gasteiger partial charge in [-0.15, -0.1) is 11.3 Å². The van der Waals surface area contributed by atoms with E-state index in [4.69, 9.17) is 14.7 Å². The molecule has 0 bridgehead atoms. The minimum Gasteiger partial charge on any atom is -0.452 e. The summed E-state index contributed by atoms with van der Waals surface area (Å²) in [6.45, 7) is 2.01. The average molecular weight is 646 g/mol. The topological polar surface area (TPSA) is 97.7 Å². The van der Waals surface area contributed by atoms with Crippen LogP contribution in [0.15, 0.2) is 64.1 Å². The van der Waals surface area contributed by atoms with Crippen molar-refractivity contribution in [2.75, 3.05) is 18.4 Å². The van der Waals surface area contributed by atoms with Crippen LogP contribution in [-0.4, -0.2) is 37.4 Å². The zero-order valence-corrected chi connectivity index (χ0v) is 23.5. The molecule has 0 radical (unpaired) electrons. The van der Waals surface area contributed by atoms with Gasteiger partial charge in [-0.1, -0.05) is 11.8 Å². The first-order chi connectivity index (χ1) is 17.7. The van der Waals surface area contributed by atoms with Crippen molar-refractivity contribution < 1.29 is 4.74 Å². The van der Waals surface area contributed by atoms with E-state index in [0.29, 0.717) is 28.4 Å². The van der Waals surface area contributed by atoms with E-state index in [2.05, 4.69) is 52.9 Å². The van der Waals surface area contributed by atoms with Gasteiger partial charge in [-0.25, -0.2) is 15.0 Å². The summed E-state index contributed by atoms with van der Waals surface area (Å²) >= 11 is 6.85. The Morgan fingerprint density at radius 1 is 1.08 bits per heavy atom. The lowest BCUT2D eigenvalue weighted by Gasteiger charge is -2.19. The first kappa shape index (κ1) is 24.0. The molecule has 0 aliphatic carbocycles. The first-order valence-electron chi connectivity index (χ1n) is 11.3. The summed E-state index contributed by atoms with van der Waals surface area (Å²) in [6.07, 6.45) is 7.51. The largest absolute Gasteiger partial charge is 0.452 e. The van der Waals surface area contributed by atoms with Gasteiger partial charge in [0.15, 0.2) is 11.6 Å². The summed E-state index contributed by atoms with van der Waals surface area (Å²) in [5, 5.41) is 9.49. The molecule has 1 aliphatic rings. The van der Waals surface area contributed by atoms with Crippen LogP contribution in [0.5, 0.6) is 11.5 Å². The van der Waals surface area contributed by atoms with Gasteiger partial charge in [-0.05, 0) is 78.2 Å². The maximum absolute atomic E-state index is 6.24. The fourth-order valence-electron chi connectivity index (χ4n) is 3.89. The molecule has 1 saturated heterocycles. The van der Waals surface area contributed by atoms with Crippen LogP contribution < -0.4 is 15.4 Å². The molecule has 12 heteroatoms. The summed E-state index contributed by atoms with van der Waals surface area (Å²) in [5.41, 5.74) is 0.999. The molecule has 5 aromatic rings. The molecule has 0 amide bonds. The number of nitrogens with one attached hydrogen (secondary N) is 2. The second-order valence-corrected chi connectivity index (χ2v) is 12.0. The third-order valence-corrected chi connectivity index (χ3v) is 9.03. The molecule has 0 unspecified atom stereocenters. The molecule has 2 N–H and O–H groups in total. The monoisotopic (exact) mass is 645 g/mol. The van der Waals surface area contributed by atoms with Crippen molar-refractivity contribution in [2.24, 2.45) is 0 Å². The number of halogens is 1. The Hall–Kier alpha value is -2.39. The van der Waals surface area contributed by atoms with Crippen molar-refractivity contribution in [3.8, 4) is 11.5 Å². The van der Waals surface area contributed by atoms with Crippen LogP contribution >= 0.6 is 57.2 Å². The molecule has 5 aromatic heterocycles. The normalized spacial score (nSPS) is 14.2. The molecular formula is C24H20IN7OS3. The number of hydrogen-bond acceptors (Lipinski definition) is 11. The van der Waals surface area contributed by atoms with Gasteiger partial charge in [-0.3, -0.25) is 4.98 Å². The van der Waals surface area contributed by atoms with E-state index >= 15 is 0 Å². The number of rotatable bonds is 7. The Labute approximate surface area is 233 Å². The minimum atomic E-state index is 0.396.